The Balaban J connectivity index is 2.68. The van der Waals surface area contributed by atoms with Crippen LogP contribution in [0.25, 0.3) is 0 Å². The predicted octanol–water partition coefficient (Wildman–Crippen LogP) is 1.94. The zero-order valence-electron chi connectivity index (χ0n) is 7.14. The smallest absolute Gasteiger partial charge is 0.161 e. The fourth-order valence-corrected chi connectivity index (χ4v) is 1.11. The summed E-state index contributed by atoms with van der Waals surface area (Å²) in [6.45, 7) is 9.19. The third-order valence-corrected chi connectivity index (χ3v) is 1.98. The van der Waals surface area contributed by atoms with Gasteiger partial charge in [0.05, 0.1) is 5.70 Å². The van der Waals surface area contributed by atoms with E-state index < -0.39 is 0 Å². The van der Waals surface area contributed by atoms with Gasteiger partial charge in [-0.15, -0.1) is 0 Å². The van der Waals surface area contributed by atoms with Crippen LogP contribution >= 0.6 is 0 Å². The van der Waals surface area contributed by atoms with Gasteiger partial charge >= 0.3 is 0 Å². The van der Waals surface area contributed by atoms with Crippen LogP contribution in [0.2, 0.25) is 0 Å². The molecule has 0 saturated heterocycles. The molecule has 2 heteroatoms. The van der Waals surface area contributed by atoms with Crippen LogP contribution in [0, 0.1) is 0 Å². The molecule has 1 rings (SSSR count). The van der Waals surface area contributed by atoms with E-state index in [-0.39, 0.29) is 0 Å². The van der Waals surface area contributed by atoms with Gasteiger partial charge < -0.3 is 9.64 Å². The standard InChI is InChI=1S/C8H15NO/c1-6(2)9-5-10-8(4)7(9)3/h6H,5H2,1-4H3. The maximum absolute atomic E-state index is 5.34. The summed E-state index contributed by atoms with van der Waals surface area (Å²) in [4.78, 5) is 2.25. The number of ether oxygens (including phenoxy) is 1. The van der Waals surface area contributed by atoms with E-state index in [1.807, 2.05) is 6.92 Å². The van der Waals surface area contributed by atoms with Crippen LogP contribution in [0.5, 0.6) is 0 Å². The number of hydrogen-bond donors (Lipinski definition) is 0. The van der Waals surface area contributed by atoms with E-state index in [0.29, 0.717) is 6.04 Å². The molecule has 10 heavy (non-hydrogen) atoms. The number of hydrogen-bond acceptors (Lipinski definition) is 2. The minimum Gasteiger partial charge on any atom is -0.476 e. The first kappa shape index (κ1) is 7.45. The second kappa shape index (κ2) is 2.52. The molecule has 0 aliphatic carbocycles. The van der Waals surface area contributed by atoms with E-state index in [4.69, 9.17) is 4.74 Å². The molecule has 0 fully saturated rings. The van der Waals surface area contributed by atoms with E-state index in [2.05, 4.69) is 25.7 Å². The van der Waals surface area contributed by atoms with Gasteiger partial charge in [0.25, 0.3) is 0 Å². The van der Waals surface area contributed by atoms with Crippen molar-refractivity contribution in [3.05, 3.63) is 11.5 Å². The summed E-state index contributed by atoms with van der Waals surface area (Å²) in [6, 6.07) is 0.553. The molecule has 0 unspecified atom stereocenters. The lowest BCUT2D eigenvalue weighted by atomic mass is 10.3. The summed E-state index contributed by atoms with van der Waals surface area (Å²) < 4.78 is 5.34. The molecule has 0 radical (unpaired) electrons. The third kappa shape index (κ3) is 1.11. The van der Waals surface area contributed by atoms with E-state index in [9.17, 15) is 0 Å². The first-order valence-corrected chi connectivity index (χ1v) is 3.70. The van der Waals surface area contributed by atoms with Gasteiger partial charge in [0.15, 0.2) is 6.73 Å². The van der Waals surface area contributed by atoms with Crippen molar-refractivity contribution in [2.24, 2.45) is 0 Å². The molecule has 1 heterocycles. The zero-order chi connectivity index (χ0) is 7.72. The van der Waals surface area contributed by atoms with Gasteiger partial charge in [-0.2, -0.15) is 0 Å². The first-order chi connectivity index (χ1) is 4.63. The summed E-state index contributed by atoms with van der Waals surface area (Å²) in [6.07, 6.45) is 0. The van der Waals surface area contributed by atoms with Crippen LogP contribution in [0.1, 0.15) is 27.7 Å². The molecule has 0 bridgehead atoms. The van der Waals surface area contributed by atoms with E-state index in [1.54, 1.807) is 0 Å². The van der Waals surface area contributed by atoms with Gasteiger partial charge in [0, 0.05) is 6.04 Å². The lowest BCUT2D eigenvalue weighted by Crippen LogP contribution is -2.26. The van der Waals surface area contributed by atoms with E-state index in [0.717, 1.165) is 12.5 Å². The molecule has 0 amide bonds. The average Bonchev–Trinajstić information content (AvgIpc) is 2.14. The quantitative estimate of drug-likeness (QED) is 0.553. The number of allylic oxidation sites excluding steroid dienone is 2. The van der Waals surface area contributed by atoms with Crippen LogP contribution in [0.4, 0.5) is 0 Å². The fourth-order valence-electron chi connectivity index (χ4n) is 1.11. The summed E-state index contributed by atoms with van der Waals surface area (Å²) in [5.74, 6) is 1.06. The van der Waals surface area contributed by atoms with Gasteiger partial charge in [-0.3, -0.25) is 0 Å². The lowest BCUT2D eigenvalue weighted by Gasteiger charge is -2.21. The van der Waals surface area contributed by atoms with Crippen molar-refractivity contribution >= 4 is 0 Å². The molecule has 0 aromatic carbocycles. The van der Waals surface area contributed by atoms with Crippen molar-refractivity contribution in [3.63, 3.8) is 0 Å². The molecular formula is C8H15NO. The lowest BCUT2D eigenvalue weighted by molar-refractivity contribution is 0.130. The Morgan fingerprint density at radius 2 is 2.00 bits per heavy atom. The van der Waals surface area contributed by atoms with Crippen molar-refractivity contribution in [2.45, 2.75) is 33.7 Å². The van der Waals surface area contributed by atoms with Crippen LogP contribution in [0.15, 0.2) is 11.5 Å². The van der Waals surface area contributed by atoms with Crippen LogP contribution in [0.3, 0.4) is 0 Å². The van der Waals surface area contributed by atoms with Crippen molar-refractivity contribution in [2.75, 3.05) is 6.73 Å². The number of rotatable bonds is 1. The highest BCUT2D eigenvalue weighted by atomic mass is 16.5. The highest BCUT2D eigenvalue weighted by Gasteiger charge is 2.18. The SMILES string of the molecule is CC1=C(C)N(C(C)C)CO1. The Morgan fingerprint density at radius 1 is 1.40 bits per heavy atom. The van der Waals surface area contributed by atoms with Crippen LogP contribution in [-0.4, -0.2) is 17.7 Å². The second-order valence-corrected chi connectivity index (χ2v) is 2.98. The molecule has 0 atom stereocenters. The Morgan fingerprint density at radius 3 is 2.20 bits per heavy atom. The molecule has 0 aromatic heterocycles. The normalized spacial score (nSPS) is 18.7. The van der Waals surface area contributed by atoms with E-state index >= 15 is 0 Å². The van der Waals surface area contributed by atoms with Gasteiger partial charge in [0.1, 0.15) is 5.76 Å². The second-order valence-electron chi connectivity index (χ2n) is 2.98. The number of nitrogens with zero attached hydrogens (tertiary/aromatic N) is 1. The summed E-state index contributed by atoms with van der Waals surface area (Å²) in [5, 5.41) is 0. The molecule has 1 aliphatic rings. The van der Waals surface area contributed by atoms with Gasteiger partial charge in [-0.1, -0.05) is 0 Å². The van der Waals surface area contributed by atoms with E-state index in [1.165, 1.54) is 5.70 Å². The van der Waals surface area contributed by atoms with Crippen LogP contribution in [-0.2, 0) is 4.74 Å². The maximum atomic E-state index is 5.34. The molecular weight excluding hydrogens is 126 g/mol. The molecule has 0 aromatic rings. The molecule has 0 saturated carbocycles. The maximum Gasteiger partial charge on any atom is 0.161 e. The monoisotopic (exact) mass is 141 g/mol. The van der Waals surface area contributed by atoms with Gasteiger partial charge in [-0.25, -0.2) is 0 Å². The Bertz CT molecular complexity index is 161. The summed E-state index contributed by atoms with van der Waals surface area (Å²) >= 11 is 0. The molecule has 2 nitrogen and oxygen atoms in total. The zero-order valence-corrected chi connectivity index (χ0v) is 7.14. The van der Waals surface area contributed by atoms with Gasteiger partial charge in [-0.05, 0) is 27.7 Å². The fraction of sp³-hybridized carbons (Fsp3) is 0.750. The molecule has 0 N–H and O–H groups in total. The minimum absolute atomic E-state index is 0.553. The minimum atomic E-state index is 0.553. The Hall–Kier alpha value is -0.660. The third-order valence-electron chi connectivity index (χ3n) is 1.98. The molecule has 58 valence electrons. The largest absolute Gasteiger partial charge is 0.476 e. The molecule has 0 spiro atoms. The van der Waals surface area contributed by atoms with Crippen molar-refractivity contribution in [1.82, 2.24) is 4.90 Å². The average molecular weight is 141 g/mol. The highest BCUT2D eigenvalue weighted by Crippen LogP contribution is 2.20. The van der Waals surface area contributed by atoms with Gasteiger partial charge in [0.2, 0.25) is 0 Å². The van der Waals surface area contributed by atoms with Crippen molar-refractivity contribution < 1.29 is 4.74 Å². The highest BCUT2D eigenvalue weighted by molar-refractivity contribution is 5.06. The first-order valence-electron chi connectivity index (χ1n) is 3.70. The van der Waals surface area contributed by atoms with Crippen molar-refractivity contribution in [1.29, 1.82) is 0 Å². The molecule has 1 aliphatic heterocycles. The van der Waals surface area contributed by atoms with Crippen molar-refractivity contribution in [3.8, 4) is 0 Å². The van der Waals surface area contributed by atoms with Crippen LogP contribution < -0.4 is 0 Å². The predicted molar refractivity (Wildman–Crippen MR) is 41.3 cm³/mol. The topological polar surface area (TPSA) is 12.5 Å². The Labute approximate surface area is 62.5 Å². The summed E-state index contributed by atoms with van der Waals surface area (Å²) in [7, 11) is 0. The summed E-state index contributed by atoms with van der Waals surface area (Å²) in [5.41, 5.74) is 1.27. The Kier molecular flexibility index (Phi) is 1.88.